The van der Waals surface area contributed by atoms with Crippen LogP contribution in [0.4, 0.5) is 10.6 Å². The lowest BCUT2D eigenvalue weighted by molar-refractivity contribution is -0.146. The van der Waals surface area contributed by atoms with Crippen LogP contribution in [0.25, 0.3) is 16.7 Å². The van der Waals surface area contributed by atoms with Crippen molar-refractivity contribution >= 4 is 40.6 Å². The summed E-state index contributed by atoms with van der Waals surface area (Å²) in [5.41, 5.74) is -1.61. The number of hydrogen-bond donors (Lipinski definition) is 4. The zero-order chi connectivity index (χ0) is 41.5. The quantitative estimate of drug-likeness (QED) is 0.143. The van der Waals surface area contributed by atoms with E-state index >= 15 is 0 Å². The molecular formula is C42H57N7O9. The average molecular weight is 804 g/mol. The van der Waals surface area contributed by atoms with Crippen LogP contribution >= 0.6 is 0 Å². The summed E-state index contributed by atoms with van der Waals surface area (Å²) in [5.74, 6) is 0.960. The molecule has 0 radical (unpaired) electrons. The number of hydrogen-bond acceptors (Lipinski definition) is 11. The molecule has 0 spiro atoms. The van der Waals surface area contributed by atoms with Gasteiger partial charge in [-0.2, -0.15) is 0 Å². The smallest absolute Gasteiger partial charge is 0.408 e. The van der Waals surface area contributed by atoms with Crippen LogP contribution in [0.1, 0.15) is 80.1 Å². The number of nitrogens with one attached hydrogen (secondary N) is 3. The first-order chi connectivity index (χ1) is 27.6. The van der Waals surface area contributed by atoms with Crippen LogP contribution in [-0.2, 0) is 23.9 Å². The highest BCUT2D eigenvalue weighted by molar-refractivity contribution is 5.96. The van der Waals surface area contributed by atoms with E-state index in [2.05, 4.69) is 21.0 Å². The number of amides is 3. The highest BCUT2D eigenvalue weighted by atomic mass is 16.6. The first-order valence-corrected chi connectivity index (χ1v) is 20.5. The normalized spacial score (nSPS) is 26.5. The third kappa shape index (κ3) is 8.81. The summed E-state index contributed by atoms with van der Waals surface area (Å²) in [6.45, 7) is 12.2. The Labute approximate surface area is 338 Å². The summed E-state index contributed by atoms with van der Waals surface area (Å²) in [4.78, 5) is 61.0. The highest BCUT2D eigenvalue weighted by Gasteiger charge is 2.61. The third-order valence-electron chi connectivity index (χ3n) is 11.9. The minimum Gasteiger partial charge on any atom is -0.491 e. The zero-order valence-electron chi connectivity index (χ0n) is 34.4. The Balaban J connectivity index is 1.19. The number of carbonyl (C=O) groups excluding carboxylic acids is 3. The molecule has 16 nitrogen and oxygen atoms in total. The van der Waals surface area contributed by atoms with Crippen molar-refractivity contribution in [1.29, 1.82) is 0 Å². The van der Waals surface area contributed by atoms with Gasteiger partial charge in [0.2, 0.25) is 11.8 Å². The van der Waals surface area contributed by atoms with E-state index in [0.717, 1.165) is 12.8 Å². The number of nitrogens with zero attached hydrogens (tertiary/aromatic N) is 4. The highest BCUT2D eigenvalue weighted by Crippen LogP contribution is 2.52. The maximum absolute atomic E-state index is 14.7. The van der Waals surface area contributed by atoms with Crippen molar-refractivity contribution < 1.29 is 43.2 Å². The molecule has 4 N–H and O–H groups in total. The van der Waals surface area contributed by atoms with E-state index in [1.54, 1.807) is 30.1 Å². The Kier molecular flexibility index (Phi) is 11.5. The van der Waals surface area contributed by atoms with E-state index in [1.165, 1.54) is 11.3 Å². The summed E-state index contributed by atoms with van der Waals surface area (Å²) in [5, 5.41) is 24.4. The van der Waals surface area contributed by atoms with E-state index in [9.17, 15) is 24.3 Å². The van der Waals surface area contributed by atoms with Gasteiger partial charge in [0.15, 0.2) is 5.82 Å². The second kappa shape index (κ2) is 16.3. The van der Waals surface area contributed by atoms with E-state index in [-0.39, 0.29) is 31.0 Å². The molecule has 7 rings (SSSR count). The van der Waals surface area contributed by atoms with Gasteiger partial charge in [0.05, 0.1) is 18.7 Å². The van der Waals surface area contributed by atoms with Crippen LogP contribution in [0.3, 0.4) is 0 Å². The van der Waals surface area contributed by atoms with Crippen LogP contribution < -0.4 is 25.4 Å². The number of ether oxygens (including phenoxy) is 4. The SMILES string of the molecule is CC[C@@H]1C[C@]1(NC(=O)[C@@H]1C[C@@H](Oc2cc(-n3ccc(NC(C)C)n3)nc3cc(OCCOC)ccc23)CN1C(=O)[C@@H](NC(=O)O[C@@H]1C[C@@H]2C[C@@H]2C1)C(C)(C)C)C(=O)O. The molecule has 3 heterocycles. The molecule has 16 heteroatoms. The molecule has 3 amide bonds. The molecule has 0 unspecified atom stereocenters. The fraction of sp³-hybridized carbons (Fsp3) is 0.619. The Morgan fingerprint density at radius 3 is 2.43 bits per heavy atom. The van der Waals surface area contributed by atoms with Gasteiger partial charge in [-0.15, -0.1) is 5.10 Å². The van der Waals surface area contributed by atoms with E-state index in [0.29, 0.717) is 71.9 Å². The molecular weight excluding hydrogens is 747 g/mol. The van der Waals surface area contributed by atoms with Crippen LogP contribution in [-0.4, -0.2) is 111 Å². The molecule has 314 valence electrons. The van der Waals surface area contributed by atoms with Gasteiger partial charge in [-0.05, 0) is 74.8 Å². The fourth-order valence-corrected chi connectivity index (χ4v) is 8.56. The molecule has 3 aliphatic carbocycles. The van der Waals surface area contributed by atoms with Crippen molar-refractivity contribution in [2.45, 2.75) is 116 Å². The number of rotatable bonds is 16. The van der Waals surface area contributed by atoms with Gasteiger partial charge in [0.25, 0.3) is 0 Å². The lowest BCUT2D eigenvalue weighted by atomic mass is 9.85. The van der Waals surface area contributed by atoms with Crippen LogP contribution in [0.2, 0.25) is 0 Å². The molecule has 1 aromatic carbocycles. The molecule has 1 aliphatic heterocycles. The summed E-state index contributed by atoms with van der Waals surface area (Å²) < 4.78 is 25.2. The number of alkyl carbamates (subject to hydrolysis) is 1. The number of anilines is 1. The number of benzene rings is 1. The number of aliphatic carboxylic acids is 1. The van der Waals surface area contributed by atoms with Gasteiger partial charge in [-0.1, -0.05) is 34.1 Å². The Bertz CT molecular complexity index is 2020. The van der Waals surface area contributed by atoms with E-state index in [4.69, 9.17) is 23.9 Å². The predicted octanol–water partition coefficient (Wildman–Crippen LogP) is 4.92. The number of carbonyl (C=O) groups is 4. The van der Waals surface area contributed by atoms with Crippen molar-refractivity contribution in [2.75, 3.05) is 32.2 Å². The second-order valence-corrected chi connectivity index (χ2v) is 17.7. The van der Waals surface area contributed by atoms with Crippen LogP contribution in [0.15, 0.2) is 36.5 Å². The summed E-state index contributed by atoms with van der Waals surface area (Å²) in [6.07, 6.45) is 4.00. The van der Waals surface area contributed by atoms with Crippen molar-refractivity contribution in [3.05, 3.63) is 36.5 Å². The number of fused-ring (bicyclic) bond motifs is 2. The van der Waals surface area contributed by atoms with E-state index in [1.807, 2.05) is 59.7 Å². The number of aromatic nitrogens is 3. The first kappa shape index (κ1) is 41.1. The minimum absolute atomic E-state index is 0.00885. The average Bonchev–Trinajstić information content (AvgIpc) is 3.83. The second-order valence-electron chi connectivity index (χ2n) is 17.7. The molecule has 1 saturated heterocycles. The van der Waals surface area contributed by atoms with Crippen molar-refractivity contribution in [3.63, 3.8) is 0 Å². The maximum atomic E-state index is 14.7. The number of pyridine rings is 1. The van der Waals surface area contributed by atoms with Gasteiger partial charge in [0, 0.05) is 49.4 Å². The number of likely N-dealkylation sites (tertiary alicyclic amines) is 1. The maximum Gasteiger partial charge on any atom is 0.408 e. The molecule has 0 bridgehead atoms. The van der Waals surface area contributed by atoms with Crippen molar-refractivity contribution in [3.8, 4) is 17.3 Å². The molecule has 4 fully saturated rings. The molecule has 58 heavy (non-hydrogen) atoms. The number of carboxylic acids is 1. The zero-order valence-corrected chi connectivity index (χ0v) is 34.4. The lowest BCUT2D eigenvalue weighted by Crippen LogP contribution is -2.59. The largest absolute Gasteiger partial charge is 0.491 e. The number of carboxylic acid groups (broad SMARTS) is 1. The topological polar surface area (TPSA) is 195 Å². The predicted molar refractivity (Wildman–Crippen MR) is 214 cm³/mol. The first-order valence-electron chi connectivity index (χ1n) is 20.5. The van der Waals surface area contributed by atoms with Crippen molar-refractivity contribution in [1.82, 2.24) is 30.3 Å². The Morgan fingerprint density at radius 1 is 1.02 bits per heavy atom. The Hall–Kier alpha value is -5.12. The molecule has 3 aromatic rings. The van der Waals surface area contributed by atoms with Gasteiger partial charge in [-0.3, -0.25) is 9.59 Å². The molecule has 3 saturated carbocycles. The summed E-state index contributed by atoms with van der Waals surface area (Å²) in [7, 11) is 1.60. The van der Waals surface area contributed by atoms with Gasteiger partial charge in [-0.25, -0.2) is 19.3 Å². The van der Waals surface area contributed by atoms with E-state index < -0.39 is 53.0 Å². The molecule has 4 aliphatic rings. The lowest BCUT2D eigenvalue weighted by Gasteiger charge is -2.35. The van der Waals surface area contributed by atoms with Gasteiger partial charge >= 0.3 is 12.1 Å². The fourth-order valence-electron chi connectivity index (χ4n) is 8.56. The van der Waals surface area contributed by atoms with Crippen LogP contribution in [0, 0.1) is 23.2 Å². The Morgan fingerprint density at radius 2 is 1.78 bits per heavy atom. The van der Waals surface area contributed by atoms with Crippen molar-refractivity contribution in [2.24, 2.45) is 23.2 Å². The van der Waals surface area contributed by atoms with Gasteiger partial charge in [0.1, 0.15) is 53.8 Å². The third-order valence-corrected chi connectivity index (χ3v) is 11.9. The summed E-state index contributed by atoms with van der Waals surface area (Å²) >= 11 is 0. The monoisotopic (exact) mass is 803 g/mol. The number of methoxy groups -OCH3 is 1. The molecule has 8 atom stereocenters. The van der Waals surface area contributed by atoms with Gasteiger partial charge < -0.3 is 44.9 Å². The standard InChI is InChI=1S/C42H57N7O9/c1-8-26-21-42(26,39(52)53)46-37(50)32-19-29(22-48(32)38(51)36(41(4,5)6)45-40(54)58-28-16-24-15-25(24)17-28)57-33-20-35(49-12-11-34(47-49)43-23(2)3)44-31-18-27(9-10-30(31)33)56-14-13-55-7/h9-12,18,20,23-26,28-29,32,36H,8,13-17,19,21-22H2,1-7H3,(H,43,47)(H,45,54)(H,46,50)(H,52,53)/t24-,25+,26-,28+,29-,32+,36-,42-/m1/s1. The molecule has 2 aromatic heterocycles. The summed E-state index contributed by atoms with van der Waals surface area (Å²) in [6, 6.07) is 7.08. The van der Waals surface area contributed by atoms with Crippen LogP contribution in [0.5, 0.6) is 11.5 Å². The minimum atomic E-state index is -1.40.